The average Bonchev–Trinajstić information content (AvgIpc) is 1.85. The monoisotopic (exact) mass is 161 g/mol. The number of hydrogen-bond acceptors (Lipinski definition) is 3. The normalized spacial score (nSPS) is 19.2. The van der Waals surface area contributed by atoms with Crippen LogP contribution in [0.4, 0.5) is 0 Å². The van der Waals surface area contributed by atoms with Crippen molar-refractivity contribution in [2.45, 2.75) is 0 Å². The smallest absolute Gasteiger partial charge is 0.143 e. The molecule has 1 fully saturated rings. The Hall–Kier alpha value is 0.0700. The van der Waals surface area contributed by atoms with E-state index in [1.54, 1.807) is 0 Å². The highest BCUT2D eigenvalue weighted by atomic mass is 32.2. The van der Waals surface area contributed by atoms with Crippen LogP contribution in [0.2, 0.25) is 0 Å². The summed E-state index contributed by atoms with van der Waals surface area (Å²) in [5.74, 6) is 0. The Morgan fingerprint density at radius 3 is 2.25 bits per heavy atom. The van der Waals surface area contributed by atoms with Crippen molar-refractivity contribution in [3.8, 4) is 0 Å². The quantitative estimate of drug-likeness (QED) is 0.426. The Morgan fingerprint density at radius 1 is 1.50 bits per heavy atom. The lowest BCUT2D eigenvalue weighted by Gasteiger charge is -1.85. The molecule has 0 aromatic carbocycles. The molecule has 1 saturated heterocycles. The molecule has 4 heteroatoms. The van der Waals surface area contributed by atoms with Gasteiger partial charge in [0.15, 0.2) is 0 Å². The van der Waals surface area contributed by atoms with E-state index in [1.807, 2.05) is 0 Å². The van der Waals surface area contributed by atoms with E-state index in [1.165, 1.54) is 11.8 Å². The van der Waals surface area contributed by atoms with Crippen molar-refractivity contribution in [2.75, 3.05) is 0 Å². The number of hydrogen-bond donors (Lipinski definition) is 1. The molecule has 0 atom stereocenters. The zero-order chi connectivity index (χ0) is 6.15. The zero-order valence-electron chi connectivity index (χ0n) is 3.93. The first-order chi connectivity index (χ1) is 3.70. The second kappa shape index (κ2) is 2.13. The van der Waals surface area contributed by atoms with E-state index in [2.05, 4.69) is 11.9 Å². The lowest BCUT2D eigenvalue weighted by molar-refractivity contribution is 1.52. The molecular weight excluding hydrogens is 158 g/mol. The van der Waals surface area contributed by atoms with Gasteiger partial charge in [0.1, 0.15) is 9.31 Å². The lowest BCUT2D eigenvalue weighted by atomic mass is 10.6. The predicted octanol–water partition coefficient (Wildman–Crippen LogP) is 1.45. The molecule has 0 amide bonds. The van der Waals surface area contributed by atoms with Crippen LogP contribution in [0.5, 0.6) is 0 Å². The molecule has 0 unspecified atom stereocenters. The summed E-state index contributed by atoms with van der Waals surface area (Å²) < 4.78 is 0.708. The van der Waals surface area contributed by atoms with E-state index < -0.39 is 0 Å². The van der Waals surface area contributed by atoms with Crippen LogP contribution in [0, 0.1) is 0 Å². The molecule has 0 aromatic heterocycles. The molecule has 0 radical (unpaired) electrons. The molecule has 1 N–H and O–H groups in total. The highest BCUT2D eigenvalue weighted by molar-refractivity contribution is 8.27. The lowest BCUT2D eigenvalue weighted by Crippen LogP contribution is -2.15. The van der Waals surface area contributed by atoms with Crippen LogP contribution in [-0.2, 0) is 0 Å². The fourth-order valence-electron chi connectivity index (χ4n) is 0.346. The van der Waals surface area contributed by atoms with Crippen LogP contribution in [0.25, 0.3) is 0 Å². The minimum absolute atomic E-state index is 0.667. The van der Waals surface area contributed by atoms with Gasteiger partial charge in [-0.25, -0.2) is 0 Å². The van der Waals surface area contributed by atoms with Gasteiger partial charge < -0.3 is 5.32 Å². The molecular formula is C4H3NS3. The minimum atomic E-state index is 0.667. The van der Waals surface area contributed by atoms with Gasteiger partial charge >= 0.3 is 0 Å². The SMILES string of the molecule is C=C1SC(=S)NC1=S. The fourth-order valence-corrected chi connectivity index (χ4v) is 1.63. The molecule has 1 nitrogen and oxygen atoms in total. The summed E-state index contributed by atoms with van der Waals surface area (Å²) in [5.41, 5.74) is 0. The topological polar surface area (TPSA) is 12.0 Å². The van der Waals surface area contributed by atoms with Crippen molar-refractivity contribution in [3.63, 3.8) is 0 Å². The molecule has 0 bridgehead atoms. The summed E-state index contributed by atoms with van der Waals surface area (Å²) in [4.78, 5) is 1.52. The van der Waals surface area contributed by atoms with Crippen molar-refractivity contribution in [3.05, 3.63) is 11.5 Å². The van der Waals surface area contributed by atoms with Crippen LogP contribution < -0.4 is 5.32 Å². The molecule has 0 saturated carbocycles. The molecule has 0 aliphatic carbocycles. The number of thioether (sulfide) groups is 1. The maximum atomic E-state index is 4.80. The maximum Gasteiger partial charge on any atom is 0.143 e. The number of thiocarbonyl (C=S) groups is 2. The number of rotatable bonds is 0. The third kappa shape index (κ3) is 1.07. The van der Waals surface area contributed by atoms with Gasteiger partial charge in [-0.1, -0.05) is 42.8 Å². The van der Waals surface area contributed by atoms with Gasteiger partial charge in [0, 0.05) is 4.91 Å². The molecule has 1 aliphatic heterocycles. The standard InChI is InChI=1S/C4H3NS3/c1-2-3(6)5-4(7)8-2/h1H2,(H,5,6,7). The van der Waals surface area contributed by atoms with Crippen LogP contribution in [0.15, 0.2) is 11.5 Å². The molecule has 0 spiro atoms. The van der Waals surface area contributed by atoms with Crippen molar-refractivity contribution in [1.82, 2.24) is 5.32 Å². The van der Waals surface area contributed by atoms with E-state index in [0.29, 0.717) is 9.31 Å². The highest BCUT2D eigenvalue weighted by Crippen LogP contribution is 2.21. The van der Waals surface area contributed by atoms with Crippen LogP contribution in [0.3, 0.4) is 0 Å². The summed E-state index contributed by atoms with van der Waals surface area (Å²) in [7, 11) is 0. The van der Waals surface area contributed by atoms with Gasteiger partial charge in [-0.2, -0.15) is 0 Å². The zero-order valence-corrected chi connectivity index (χ0v) is 6.38. The molecule has 1 rings (SSSR count). The van der Waals surface area contributed by atoms with E-state index in [0.717, 1.165) is 4.91 Å². The summed E-state index contributed by atoms with van der Waals surface area (Å²) in [5, 5.41) is 2.79. The van der Waals surface area contributed by atoms with Gasteiger partial charge in [-0.15, -0.1) is 0 Å². The molecule has 42 valence electrons. The predicted molar refractivity (Wildman–Crippen MR) is 45.1 cm³/mol. The Bertz CT molecular complexity index is 154. The van der Waals surface area contributed by atoms with Gasteiger partial charge in [-0.3, -0.25) is 0 Å². The Balaban J connectivity index is 2.79. The van der Waals surface area contributed by atoms with Crippen molar-refractivity contribution in [2.24, 2.45) is 0 Å². The second-order valence-electron chi connectivity index (χ2n) is 1.27. The first kappa shape index (κ1) is 6.19. The highest BCUT2D eigenvalue weighted by Gasteiger charge is 2.14. The summed E-state index contributed by atoms with van der Waals surface area (Å²) >= 11 is 11.0. The third-order valence-electron chi connectivity index (χ3n) is 0.685. The van der Waals surface area contributed by atoms with Gasteiger partial charge in [0.05, 0.1) is 0 Å². The van der Waals surface area contributed by atoms with Crippen LogP contribution in [0.1, 0.15) is 0 Å². The van der Waals surface area contributed by atoms with E-state index in [4.69, 9.17) is 24.4 Å². The molecule has 0 aromatic rings. The number of nitrogens with one attached hydrogen (secondary N) is 1. The van der Waals surface area contributed by atoms with Gasteiger partial charge in [0.2, 0.25) is 0 Å². The molecule has 1 aliphatic rings. The summed E-state index contributed by atoms with van der Waals surface area (Å²) in [6.07, 6.45) is 0. The molecule has 1 heterocycles. The van der Waals surface area contributed by atoms with Crippen LogP contribution in [-0.4, -0.2) is 9.31 Å². The Labute approximate surface area is 62.5 Å². The summed E-state index contributed by atoms with van der Waals surface area (Å²) in [6, 6.07) is 0. The maximum absolute atomic E-state index is 4.80. The van der Waals surface area contributed by atoms with E-state index >= 15 is 0 Å². The van der Waals surface area contributed by atoms with Crippen LogP contribution >= 0.6 is 36.2 Å². The first-order valence-corrected chi connectivity index (χ1v) is 3.55. The van der Waals surface area contributed by atoms with E-state index in [9.17, 15) is 0 Å². The van der Waals surface area contributed by atoms with E-state index in [-0.39, 0.29) is 0 Å². The summed E-state index contributed by atoms with van der Waals surface area (Å²) in [6.45, 7) is 3.66. The van der Waals surface area contributed by atoms with Crippen molar-refractivity contribution >= 4 is 45.5 Å². The Kier molecular flexibility index (Phi) is 1.65. The Morgan fingerprint density at radius 2 is 2.12 bits per heavy atom. The second-order valence-corrected chi connectivity index (χ2v) is 3.45. The average molecular weight is 161 g/mol. The van der Waals surface area contributed by atoms with Gasteiger partial charge in [0.25, 0.3) is 0 Å². The fraction of sp³-hybridized carbons (Fsp3) is 0. The third-order valence-corrected chi connectivity index (χ3v) is 2.25. The molecule has 8 heavy (non-hydrogen) atoms. The minimum Gasteiger partial charge on any atom is -0.331 e. The van der Waals surface area contributed by atoms with Crippen molar-refractivity contribution < 1.29 is 0 Å². The first-order valence-electron chi connectivity index (χ1n) is 1.92. The largest absolute Gasteiger partial charge is 0.331 e. The van der Waals surface area contributed by atoms with Crippen molar-refractivity contribution in [1.29, 1.82) is 0 Å². The van der Waals surface area contributed by atoms with Gasteiger partial charge in [-0.05, 0) is 0 Å².